The van der Waals surface area contributed by atoms with Crippen molar-refractivity contribution in [3.63, 3.8) is 0 Å². The summed E-state index contributed by atoms with van der Waals surface area (Å²) < 4.78 is 14.0. The van der Waals surface area contributed by atoms with E-state index in [1.165, 1.54) is 36.3 Å². The second-order valence-corrected chi connectivity index (χ2v) is 32.0. The Hall–Kier alpha value is 1.08. The summed E-state index contributed by atoms with van der Waals surface area (Å²) in [6, 6.07) is 2.47. The molecule has 0 aromatic carbocycles. The van der Waals surface area contributed by atoms with Crippen LogP contribution in [0.25, 0.3) is 0 Å². The topological polar surface area (TPSA) is 18.5 Å². The molecule has 0 atom stereocenters. The van der Waals surface area contributed by atoms with Crippen molar-refractivity contribution in [1.29, 1.82) is 0 Å². The van der Waals surface area contributed by atoms with Gasteiger partial charge in [-0.05, 0) is 67.5 Å². The van der Waals surface area contributed by atoms with Gasteiger partial charge in [-0.2, -0.15) is 12.2 Å². The standard InChI is InChI=1S/2C12H23OSi2.C2H4.2ClH.Zr/c2*1-14(2,3)13-10-11-15(4,5)12-8-6-7-9-12;1-2;;;/h2*8-9H,6,10-11H2,1-5H3;1H,2H3;2*1H;/q2*-1;;;;+2/p-2. The molecule has 0 radical (unpaired) electrons. The molecule has 0 spiro atoms. The van der Waals surface area contributed by atoms with Crippen LogP contribution in [0.4, 0.5) is 0 Å². The molecule has 9 heteroatoms. The van der Waals surface area contributed by atoms with Gasteiger partial charge in [0, 0.05) is 13.2 Å². The molecule has 0 aromatic heterocycles. The van der Waals surface area contributed by atoms with Gasteiger partial charge >= 0.3 is 34.9 Å². The van der Waals surface area contributed by atoms with Crippen LogP contribution >= 0.6 is 0 Å². The van der Waals surface area contributed by atoms with Crippen LogP contribution in [0.15, 0.2) is 34.7 Å². The third-order valence-electron chi connectivity index (χ3n) is 5.48. The second-order valence-electron chi connectivity index (χ2n) is 11.9. The van der Waals surface area contributed by atoms with Crippen LogP contribution in [0.3, 0.4) is 0 Å². The van der Waals surface area contributed by atoms with Gasteiger partial charge in [0.1, 0.15) is 0 Å². The van der Waals surface area contributed by atoms with Crippen LogP contribution in [0.5, 0.6) is 0 Å². The molecule has 0 heterocycles. The molecule has 2 nitrogen and oxygen atoms in total. The average Bonchev–Trinajstić information content (AvgIpc) is 3.35. The van der Waals surface area contributed by atoms with E-state index >= 15 is 0 Å². The average molecular weight is 669 g/mol. The first-order valence-electron chi connectivity index (χ1n) is 12.3. The van der Waals surface area contributed by atoms with E-state index in [1.54, 1.807) is 10.4 Å². The van der Waals surface area contributed by atoms with E-state index in [9.17, 15) is 0 Å². The first-order valence-corrected chi connectivity index (χ1v) is 27.0. The number of hydrogen-bond acceptors (Lipinski definition) is 2. The third-order valence-corrected chi connectivity index (χ3v) is 14.4. The minimum Gasteiger partial charge on any atom is -1.00 e. The number of halogens is 2. The van der Waals surface area contributed by atoms with Crippen LogP contribution in [-0.2, 0) is 33.1 Å². The maximum Gasteiger partial charge on any atom is 0.183 e. The molecule has 0 amide bonds. The van der Waals surface area contributed by atoms with Crippen LogP contribution in [0, 0.1) is 12.2 Å². The Morgan fingerprint density at radius 3 is 1.20 bits per heavy atom. The van der Waals surface area contributed by atoms with Gasteiger partial charge < -0.3 is 33.7 Å². The fraction of sp³-hybridized carbons (Fsp3) is 0.654. The van der Waals surface area contributed by atoms with Crippen molar-refractivity contribution in [2.75, 3.05) is 13.2 Å². The van der Waals surface area contributed by atoms with Gasteiger partial charge in [-0.3, -0.25) is 12.2 Å². The van der Waals surface area contributed by atoms with Crippen molar-refractivity contribution < 1.29 is 57.9 Å². The Morgan fingerprint density at radius 2 is 1.00 bits per heavy atom. The SMILES string of the molecule is C[CH]=[Zr+2].C[Si](C)(C)OCC[Si](C)(C)C1=CC[C-]=C1.C[Si](C)(C)OCC[Si](C)(C)C1=CC[C-]=C1.[Cl-].[Cl-]. The Kier molecular flexibility index (Phi) is 22.2. The predicted octanol–water partition coefficient (Wildman–Crippen LogP) is 1.91. The van der Waals surface area contributed by atoms with Crippen molar-refractivity contribution in [2.24, 2.45) is 0 Å². The van der Waals surface area contributed by atoms with E-state index in [2.05, 4.69) is 106 Å². The summed E-state index contributed by atoms with van der Waals surface area (Å²) in [5.41, 5.74) is 0. The van der Waals surface area contributed by atoms with Crippen molar-refractivity contribution in [3.8, 4) is 0 Å². The van der Waals surface area contributed by atoms with Crippen LogP contribution in [0.1, 0.15) is 19.8 Å². The van der Waals surface area contributed by atoms with E-state index < -0.39 is 32.8 Å². The zero-order valence-corrected chi connectivity index (χ0v) is 32.2. The summed E-state index contributed by atoms with van der Waals surface area (Å²) in [5.74, 6) is 0. The molecular formula is C26H50Cl2O2Si4Zr-2. The summed E-state index contributed by atoms with van der Waals surface area (Å²) in [6.45, 7) is 27.2. The maximum absolute atomic E-state index is 5.94. The maximum atomic E-state index is 5.94. The Morgan fingerprint density at radius 1 is 0.714 bits per heavy atom. The molecule has 0 fully saturated rings. The van der Waals surface area contributed by atoms with Gasteiger partial charge in [-0.1, -0.05) is 26.2 Å². The molecular weight excluding hydrogens is 619 g/mol. The Bertz CT molecular complexity index is 662. The number of hydrogen-bond donors (Lipinski definition) is 0. The van der Waals surface area contributed by atoms with E-state index in [0.717, 1.165) is 26.1 Å². The zero-order valence-electron chi connectivity index (χ0n) is 24.2. The smallest absolute Gasteiger partial charge is 0.183 e. The van der Waals surface area contributed by atoms with Crippen molar-refractivity contribution >= 4 is 36.5 Å². The third kappa shape index (κ3) is 20.7. The van der Waals surface area contributed by atoms with Gasteiger partial charge in [-0.25, -0.2) is 22.5 Å². The quantitative estimate of drug-likeness (QED) is 0.262. The summed E-state index contributed by atoms with van der Waals surface area (Å²) in [4.78, 5) is 0. The molecule has 0 saturated heterocycles. The zero-order chi connectivity index (χ0) is 25.8. The summed E-state index contributed by atoms with van der Waals surface area (Å²) in [6.07, 6.45) is 17.6. The number of allylic oxidation sites excluding steroid dienone is 8. The van der Waals surface area contributed by atoms with Crippen LogP contribution < -0.4 is 24.8 Å². The second kappa shape index (κ2) is 19.2. The monoisotopic (exact) mass is 666 g/mol. The molecule has 2 aliphatic rings. The van der Waals surface area contributed by atoms with Crippen LogP contribution in [-0.4, -0.2) is 49.7 Å². The Balaban J connectivity index is -0.000000500. The molecule has 0 aromatic rings. The number of rotatable bonds is 10. The molecule has 0 saturated carbocycles. The minimum atomic E-state index is -1.32. The predicted molar refractivity (Wildman–Crippen MR) is 156 cm³/mol. The van der Waals surface area contributed by atoms with E-state index in [-0.39, 0.29) is 24.8 Å². The van der Waals surface area contributed by atoms with Crippen molar-refractivity contribution in [2.45, 2.75) is 97.3 Å². The van der Waals surface area contributed by atoms with Gasteiger partial charge in [0.15, 0.2) is 16.6 Å². The van der Waals surface area contributed by atoms with Crippen molar-refractivity contribution in [3.05, 3.63) is 46.8 Å². The fourth-order valence-electron chi connectivity index (χ4n) is 3.25. The minimum absolute atomic E-state index is 0. The summed E-state index contributed by atoms with van der Waals surface area (Å²) in [5, 5.41) is 3.11. The largest absolute Gasteiger partial charge is 1.00 e. The molecule has 2 rings (SSSR count). The fourth-order valence-corrected chi connectivity index (χ4v) is 9.18. The van der Waals surface area contributed by atoms with E-state index in [4.69, 9.17) is 8.85 Å². The normalized spacial score (nSPS) is 15.0. The van der Waals surface area contributed by atoms with E-state index in [1.807, 2.05) is 6.92 Å². The first kappa shape index (κ1) is 40.6. The van der Waals surface area contributed by atoms with Gasteiger partial charge in [-0.15, -0.1) is 12.8 Å². The van der Waals surface area contributed by atoms with Gasteiger partial charge in [0.05, 0.1) is 0 Å². The molecule has 0 aliphatic heterocycles. The van der Waals surface area contributed by atoms with Gasteiger partial charge in [0.25, 0.3) is 0 Å². The summed E-state index contributed by atoms with van der Waals surface area (Å²) in [7, 11) is -5.10. The molecule has 35 heavy (non-hydrogen) atoms. The molecule has 0 bridgehead atoms. The van der Waals surface area contributed by atoms with Crippen LogP contribution in [0.2, 0.25) is 77.6 Å². The molecule has 202 valence electrons. The van der Waals surface area contributed by atoms with E-state index in [0.29, 0.717) is 0 Å². The molecule has 0 unspecified atom stereocenters. The van der Waals surface area contributed by atoms with Crippen molar-refractivity contribution in [1.82, 2.24) is 0 Å². The molecule has 0 N–H and O–H groups in total. The Labute approximate surface area is 249 Å². The van der Waals surface area contributed by atoms with Gasteiger partial charge in [0.2, 0.25) is 0 Å². The molecule has 2 aliphatic carbocycles. The first-order chi connectivity index (χ1) is 15.0. The summed E-state index contributed by atoms with van der Waals surface area (Å²) >= 11 is 1.51.